The first-order valence-corrected chi connectivity index (χ1v) is 12.9. The number of nitrogens with zero attached hydrogens (tertiary/aromatic N) is 3. The lowest BCUT2D eigenvalue weighted by molar-refractivity contribution is 0.242. The minimum Gasteiger partial charge on any atom is -0.491 e. The largest absolute Gasteiger partial charge is 0.491 e. The van der Waals surface area contributed by atoms with Crippen molar-refractivity contribution in [3.63, 3.8) is 0 Å². The zero-order valence-corrected chi connectivity index (χ0v) is 22.6. The molecule has 2 aliphatic heterocycles. The smallest absolute Gasteiger partial charge is 0.174 e. The summed E-state index contributed by atoms with van der Waals surface area (Å²) in [5.41, 5.74) is 6.95. The minimum atomic E-state index is -0.0783. The molecule has 0 amide bonds. The van der Waals surface area contributed by atoms with Gasteiger partial charge in [0.1, 0.15) is 5.75 Å². The summed E-state index contributed by atoms with van der Waals surface area (Å²) in [5, 5.41) is 4.26. The number of allylic oxidation sites excluding steroid dienone is 1. The van der Waals surface area contributed by atoms with Gasteiger partial charge in [-0.1, -0.05) is 18.2 Å². The second-order valence-electron chi connectivity index (χ2n) is 10.5. The molecule has 0 aliphatic carbocycles. The van der Waals surface area contributed by atoms with E-state index in [1.54, 1.807) is 0 Å². The Balaban J connectivity index is 1.60. The molecule has 1 fully saturated rings. The van der Waals surface area contributed by atoms with Gasteiger partial charge in [0, 0.05) is 30.2 Å². The minimum absolute atomic E-state index is 0.0303. The van der Waals surface area contributed by atoms with Crippen LogP contribution < -0.4 is 19.9 Å². The average Bonchev–Trinajstić information content (AvgIpc) is 3.20. The zero-order chi connectivity index (χ0) is 25.6. The number of hydrogen-bond acceptors (Lipinski definition) is 4. The highest BCUT2D eigenvalue weighted by Crippen LogP contribution is 2.45. The van der Waals surface area contributed by atoms with Crippen molar-refractivity contribution in [2.75, 3.05) is 16.8 Å². The van der Waals surface area contributed by atoms with Gasteiger partial charge in [0.15, 0.2) is 5.11 Å². The van der Waals surface area contributed by atoms with Gasteiger partial charge in [0.25, 0.3) is 0 Å². The molecule has 0 bridgehead atoms. The maximum absolute atomic E-state index is 5.91. The van der Waals surface area contributed by atoms with Gasteiger partial charge < -0.3 is 19.9 Å². The summed E-state index contributed by atoms with van der Waals surface area (Å²) in [7, 11) is 2.16. The molecule has 36 heavy (non-hydrogen) atoms. The predicted octanol–water partition coefficient (Wildman–Crippen LogP) is 6.68. The van der Waals surface area contributed by atoms with Crippen molar-refractivity contribution in [3.05, 3.63) is 89.8 Å². The summed E-state index contributed by atoms with van der Waals surface area (Å²) in [5.74, 6) is 0.852. The van der Waals surface area contributed by atoms with E-state index >= 15 is 0 Å². The van der Waals surface area contributed by atoms with Crippen LogP contribution in [0.3, 0.4) is 0 Å². The second kappa shape index (κ2) is 9.25. The highest BCUT2D eigenvalue weighted by molar-refractivity contribution is 7.80. The molecule has 6 heteroatoms. The van der Waals surface area contributed by atoms with Crippen LogP contribution >= 0.6 is 12.2 Å². The van der Waals surface area contributed by atoms with Gasteiger partial charge in [-0.25, -0.2) is 0 Å². The van der Waals surface area contributed by atoms with Crippen LogP contribution in [0.2, 0.25) is 0 Å². The number of rotatable bonds is 5. The van der Waals surface area contributed by atoms with E-state index in [0.29, 0.717) is 5.11 Å². The van der Waals surface area contributed by atoms with Crippen molar-refractivity contribution in [1.29, 1.82) is 0 Å². The molecule has 1 saturated heterocycles. The van der Waals surface area contributed by atoms with Crippen LogP contribution in [0.1, 0.15) is 63.5 Å². The maximum atomic E-state index is 5.91. The van der Waals surface area contributed by atoms with E-state index in [2.05, 4.69) is 85.4 Å². The van der Waals surface area contributed by atoms with Crippen molar-refractivity contribution in [2.24, 2.45) is 0 Å². The first-order chi connectivity index (χ1) is 17.2. The molecule has 2 unspecified atom stereocenters. The average molecular weight is 499 g/mol. The third-order valence-electron chi connectivity index (χ3n) is 7.17. The molecule has 2 aromatic carbocycles. The number of aromatic nitrogens is 1. The van der Waals surface area contributed by atoms with Crippen molar-refractivity contribution >= 4 is 34.3 Å². The predicted molar refractivity (Wildman–Crippen MR) is 153 cm³/mol. The van der Waals surface area contributed by atoms with Crippen LogP contribution in [0, 0.1) is 0 Å². The third-order valence-corrected chi connectivity index (χ3v) is 7.48. The van der Waals surface area contributed by atoms with Gasteiger partial charge in [0.05, 0.1) is 29.4 Å². The molecular weight excluding hydrogens is 464 g/mol. The molecule has 0 saturated carbocycles. The SMILES string of the molecule is CC1=CC(C)(C)N(C)c2ccc(C3C(c4ccccn4)NC(=S)N3c3ccc(OC(C)C)cc3)cc21. The van der Waals surface area contributed by atoms with Crippen molar-refractivity contribution in [2.45, 2.75) is 58.3 Å². The number of likely N-dealkylation sites (N-methyl/N-ethyl adjacent to an activating group) is 1. The Morgan fingerprint density at radius 2 is 1.81 bits per heavy atom. The van der Waals surface area contributed by atoms with Crippen molar-refractivity contribution < 1.29 is 4.74 Å². The highest BCUT2D eigenvalue weighted by Gasteiger charge is 2.41. The summed E-state index contributed by atoms with van der Waals surface area (Å²) < 4.78 is 5.87. The fourth-order valence-corrected chi connectivity index (χ4v) is 5.64. The Morgan fingerprint density at radius 3 is 2.47 bits per heavy atom. The lowest BCUT2D eigenvalue weighted by atomic mass is 9.86. The fourth-order valence-electron chi connectivity index (χ4n) is 5.29. The van der Waals surface area contributed by atoms with E-state index in [1.807, 2.05) is 44.3 Å². The molecule has 0 spiro atoms. The van der Waals surface area contributed by atoms with Crippen molar-refractivity contribution in [3.8, 4) is 5.75 Å². The quantitative estimate of drug-likeness (QED) is 0.396. The van der Waals surface area contributed by atoms with Crippen molar-refractivity contribution in [1.82, 2.24) is 10.3 Å². The molecule has 1 N–H and O–H groups in total. The summed E-state index contributed by atoms with van der Waals surface area (Å²) in [6.45, 7) is 10.8. The van der Waals surface area contributed by atoms with Crippen LogP contribution in [0.25, 0.3) is 5.57 Å². The highest BCUT2D eigenvalue weighted by atomic mass is 32.1. The first kappa shape index (κ1) is 24.3. The molecular formula is C30H34N4OS. The molecule has 3 heterocycles. The molecule has 3 aromatic rings. The van der Waals surface area contributed by atoms with E-state index < -0.39 is 0 Å². The Kier molecular flexibility index (Phi) is 6.25. The zero-order valence-electron chi connectivity index (χ0n) is 21.8. The number of nitrogens with one attached hydrogen (secondary N) is 1. The van der Waals surface area contributed by atoms with Crippen LogP contribution in [-0.2, 0) is 0 Å². The van der Waals surface area contributed by atoms with Crippen LogP contribution in [0.15, 0.2) is 72.9 Å². The van der Waals surface area contributed by atoms with Crippen LogP contribution in [-0.4, -0.2) is 28.8 Å². The summed E-state index contributed by atoms with van der Waals surface area (Å²) in [6, 6.07) is 20.9. The van der Waals surface area contributed by atoms with Gasteiger partial charge >= 0.3 is 0 Å². The third kappa shape index (κ3) is 4.35. The molecule has 5 nitrogen and oxygen atoms in total. The van der Waals surface area contributed by atoms with Crippen LogP contribution in [0.4, 0.5) is 11.4 Å². The number of anilines is 2. The molecule has 2 aliphatic rings. The van der Waals surface area contributed by atoms with E-state index in [1.165, 1.54) is 22.4 Å². The van der Waals surface area contributed by atoms with Crippen LogP contribution in [0.5, 0.6) is 5.75 Å². The summed E-state index contributed by atoms with van der Waals surface area (Å²) in [4.78, 5) is 9.25. The van der Waals surface area contributed by atoms with E-state index in [9.17, 15) is 0 Å². The molecule has 186 valence electrons. The molecule has 1 aromatic heterocycles. The maximum Gasteiger partial charge on any atom is 0.174 e. The number of fused-ring (bicyclic) bond motifs is 1. The first-order valence-electron chi connectivity index (χ1n) is 12.5. The molecule has 0 radical (unpaired) electrons. The standard InChI is InChI=1S/C30H34N4OS/c1-19(2)35-23-13-11-22(12-14-23)34-28(27(32-29(34)36)25-9-7-8-16-31-25)21-10-15-26-24(17-21)20(3)18-30(4,5)33(26)6/h7-19,27-28H,1-6H3,(H,32,36). The van der Waals surface area contributed by atoms with Gasteiger partial charge in [-0.05, 0) is 107 Å². The number of pyridine rings is 1. The summed E-state index contributed by atoms with van der Waals surface area (Å²) >= 11 is 5.91. The number of ether oxygens (including phenoxy) is 1. The van der Waals surface area contributed by atoms with E-state index in [0.717, 1.165) is 17.1 Å². The molecule has 5 rings (SSSR count). The van der Waals surface area contributed by atoms with Gasteiger partial charge in [-0.2, -0.15) is 0 Å². The normalized spacial score (nSPS) is 20.8. The van der Waals surface area contributed by atoms with Gasteiger partial charge in [-0.15, -0.1) is 0 Å². The summed E-state index contributed by atoms with van der Waals surface area (Å²) in [6.07, 6.45) is 4.31. The Labute approximate surface area is 219 Å². The Morgan fingerprint density at radius 1 is 1.06 bits per heavy atom. The van der Waals surface area contributed by atoms with Gasteiger partial charge in [0.2, 0.25) is 0 Å². The topological polar surface area (TPSA) is 40.6 Å². The number of hydrogen-bond donors (Lipinski definition) is 1. The second-order valence-corrected chi connectivity index (χ2v) is 10.9. The fraction of sp³-hybridized carbons (Fsp3) is 0.333. The number of benzene rings is 2. The van der Waals surface area contributed by atoms with Gasteiger partial charge in [-0.3, -0.25) is 4.98 Å². The lowest BCUT2D eigenvalue weighted by Crippen LogP contribution is -2.42. The number of thiocarbonyl (C=S) groups is 1. The lowest BCUT2D eigenvalue weighted by Gasteiger charge is -2.41. The Bertz CT molecular complexity index is 1300. The monoisotopic (exact) mass is 498 g/mol. The van der Waals surface area contributed by atoms with E-state index in [-0.39, 0.29) is 23.7 Å². The molecule has 2 atom stereocenters. The van der Waals surface area contributed by atoms with E-state index in [4.69, 9.17) is 21.9 Å². The Hall–Kier alpha value is -3.38.